The minimum atomic E-state index is -3.76. The van der Waals surface area contributed by atoms with E-state index in [2.05, 4.69) is 0 Å². The van der Waals surface area contributed by atoms with Crippen molar-refractivity contribution in [2.75, 3.05) is 7.11 Å². The predicted molar refractivity (Wildman–Crippen MR) is 178 cm³/mol. The first kappa shape index (κ1) is 30.4. The van der Waals surface area contributed by atoms with Crippen LogP contribution in [0, 0.1) is 6.92 Å². The number of rotatable bonds is 10. The average molecular weight is 627 g/mol. The van der Waals surface area contributed by atoms with Gasteiger partial charge in [-0.15, -0.1) is 0 Å². The normalized spacial score (nSPS) is 11.1. The number of carbonyl (C=O) groups is 1. The fourth-order valence-electron chi connectivity index (χ4n) is 4.83. The molecular formula is C39H30O6S. The van der Waals surface area contributed by atoms with E-state index in [1.165, 1.54) is 24.3 Å². The van der Waals surface area contributed by atoms with Gasteiger partial charge >= 0.3 is 0 Å². The van der Waals surface area contributed by atoms with Gasteiger partial charge in [0.1, 0.15) is 28.7 Å². The number of methoxy groups -OCH3 is 1. The van der Waals surface area contributed by atoms with Crippen LogP contribution in [0.2, 0.25) is 0 Å². The standard InChI is InChI=1S/C39H30O6S/c1-27-3-5-30(6-4-27)39(40)31-11-17-34(18-12-31)45-36-21-25-38(26-22-36)46(41,42)37-23-19-35(20-24-37)44-33-15-9-29(10-16-33)28-7-13-32(43-2)14-8-28/h3-26H,1-2H3. The molecule has 0 N–H and O–H groups in total. The van der Waals surface area contributed by atoms with E-state index in [1.807, 2.05) is 79.7 Å². The zero-order chi connectivity index (χ0) is 32.1. The molecule has 6 nitrogen and oxygen atoms in total. The van der Waals surface area contributed by atoms with Gasteiger partial charge in [0.2, 0.25) is 9.84 Å². The lowest BCUT2D eigenvalue weighted by molar-refractivity contribution is 0.103. The summed E-state index contributed by atoms with van der Waals surface area (Å²) >= 11 is 0. The molecule has 46 heavy (non-hydrogen) atoms. The Morgan fingerprint density at radius 1 is 0.457 bits per heavy atom. The molecule has 0 aromatic heterocycles. The molecule has 0 saturated carbocycles. The van der Waals surface area contributed by atoms with Crippen LogP contribution in [-0.2, 0) is 9.84 Å². The second-order valence-electron chi connectivity index (χ2n) is 10.6. The Bertz CT molecular complexity index is 2050. The Kier molecular flexibility index (Phi) is 8.68. The van der Waals surface area contributed by atoms with Crippen molar-refractivity contribution in [2.24, 2.45) is 0 Å². The molecule has 6 aromatic rings. The molecule has 0 unspecified atom stereocenters. The molecule has 6 aromatic carbocycles. The molecule has 0 amide bonds. The van der Waals surface area contributed by atoms with Crippen LogP contribution in [0.25, 0.3) is 11.1 Å². The highest BCUT2D eigenvalue weighted by molar-refractivity contribution is 7.91. The van der Waals surface area contributed by atoms with E-state index in [-0.39, 0.29) is 15.6 Å². The van der Waals surface area contributed by atoms with Crippen LogP contribution < -0.4 is 14.2 Å². The number of hydrogen-bond acceptors (Lipinski definition) is 6. The molecule has 0 aliphatic heterocycles. The number of aryl methyl sites for hydroxylation is 1. The zero-order valence-electron chi connectivity index (χ0n) is 25.2. The van der Waals surface area contributed by atoms with Crippen molar-refractivity contribution in [3.8, 4) is 39.9 Å². The molecule has 228 valence electrons. The maximum atomic E-state index is 13.3. The predicted octanol–water partition coefficient (Wildman–Crippen LogP) is 9.32. The van der Waals surface area contributed by atoms with Gasteiger partial charge in [-0.1, -0.05) is 54.1 Å². The van der Waals surface area contributed by atoms with Crippen molar-refractivity contribution in [2.45, 2.75) is 16.7 Å². The summed E-state index contributed by atoms with van der Waals surface area (Å²) in [7, 11) is -2.12. The van der Waals surface area contributed by atoms with Crippen LogP contribution in [0.3, 0.4) is 0 Å². The van der Waals surface area contributed by atoms with Crippen molar-refractivity contribution in [1.82, 2.24) is 0 Å². The highest BCUT2D eigenvalue weighted by atomic mass is 32.2. The molecule has 0 bridgehead atoms. The highest BCUT2D eigenvalue weighted by Crippen LogP contribution is 2.30. The second-order valence-corrected chi connectivity index (χ2v) is 12.6. The summed E-state index contributed by atoms with van der Waals surface area (Å²) in [5, 5.41) is 0. The van der Waals surface area contributed by atoms with Crippen molar-refractivity contribution in [3.63, 3.8) is 0 Å². The summed E-state index contributed by atoms with van der Waals surface area (Å²) in [5.41, 5.74) is 4.36. The lowest BCUT2D eigenvalue weighted by Gasteiger charge is -2.10. The maximum absolute atomic E-state index is 13.3. The first-order valence-electron chi connectivity index (χ1n) is 14.6. The largest absolute Gasteiger partial charge is 0.497 e. The summed E-state index contributed by atoms with van der Waals surface area (Å²) < 4.78 is 43.7. The van der Waals surface area contributed by atoms with Crippen LogP contribution in [0.1, 0.15) is 21.5 Å². The summed E-state index contributed by atoms with van der Waals surface area (Å²) in [6.07, 6.45) is 0. The lowest BCUT2D eigenvalue weighted by atomic mass is 10.0. The van der Waals surface area contributed by atoms with Gasteiger partial charge in [-0.3, -0.25) is 4.79 Å². The molecule has 0 saturated heterocycles. The van der Waals surface area contributed by atoms with Gasteiger partial charge in [-0.05, 0) is 115 Å². The van der Waals surface area contributed by atoms with Gasteiger partial charge in [-0.2, -0.15) is 0 Å². The van der Waals surface area contributed by atoms with Crippen LogP contribution in [-0.4, -0.2) is 21.3 Å². The molecule has 0 spiro atoms. The first-order chi connectivity index (χ1) is 22.3. The van der Waals surface area contributed by atoms with Crippen molar-refractivity contribution >= 4 is 15.6 Å². The van der Waals surface area contributed by atoms with Gasteiger partial charge in [0, 0.05) is 11.1 Å². The fraction of sp³-hybridized carbons (Fsp3) is 0.0513. The van der Waals surface area contributed by atoms with E-state index in [0.717, 1.165) is 22.4 Å². The molecule has 7 heteroatoms. The highest BCUT2D eigenvalue weighted by Gasteiger charge is 2.18. The van der Waals surface area contributed by atoms with E-state index < -0.39 is 9.84 Å². The van der Waals surface area contributed by atoms with Crippen LogP contribution in [0.4, 0.5) is 0 Å². The summed E-state index contributed by atoms with van der Waals surface area (Å²) in [5.74, 6) is 2.88. The third-order valence-electron chi connectivity index (χ3n) is 7.45. The molecule has 0 radical (unpaired) electrons. The van der Waals surface area contributed by atoms with Crippen LogP contribution in [0.5, 0.6) is 28.7 Å². The molecular weight excluding hydrogens is 596 g/mol. The second kappa shape index (κ2) is 13.1. The number of ether oxygens (including phenoxy) is 3. The molecule has 0 aliphatic rings. The minimum absolute atomic E-state index is 0.0693. The van der Waals surface area contributed by atoms with E-state index >= 15 is 0 Å². The summed E-state index contributed by atoms with van der Waals surface area (Å²) in [6.45, 7) is 1.97. The van der Waals surface area contributed by atoms with Gasteiger partial charge in [0.05, 0.1) is 16.9 Å². The lowest BCUT2D eigenvalue weighted by Crippen LogP contribution is -2.02. The number of hydrogen-bond donors (Lipinski definition) is 0. The fourth-order valence-corrected chi connectivity index (χ4v) is 6.09. The minimum Gasteiger partial charge on any atom is -0.497 e. The van der Waals surface area contributed by atoms with Gasteiger partial charge in [-0.25, -0.2) is 8.42 Å². The number of sulfone groups is 1. The molecule has 6 rings (SSSR count). The number of ketones is 1. The average Bonchev–Trinajstić information content (AvgIpc) is 3.09. The third-order valence-corrected chi connectivity index (χ3v) is 9.23. The Morgan fingerprint density at radius 2 is 0.783 bits per heavy atom. The van der Waals surface area contributed by atoms with Crippen LogP contribution >= 0.6 is 0 Å². The molecule has 0 fully saturated rings. The van der Waals surface area contributed by atoms with Gasteiger partial charge in [0.25, 0.3) is 0 Å². The summed E-state index contributed by atoms with van der Waals surface area (Å²) in [4.78, 5) is 13.0. The molecule has 0 heterocycles. The Labute approximate surface area is 268 Å². The topological polar surface area (TPSA) is 78.9 Å². The third kappa shape index (κ3) is 6.85. The summed E-state index contributed by atoms with van der Waals surface area (Å²) in [6, 6.07) is 42.3. The van der Waals surface area contributed by atoms with E-state index in [0.29, 0.717) is 34.1 Å². The monoisotopic (exact) mass is 626 g/mol. The number of benzene rings is 6. The zero-order valence-corrected chi connectivity index (χ0v) is 26.0. The number of carbonyl (C=O) groups excluding carboxylic acids is 1. The van der Waals surface area contributed by atoms with E-state index in [1.54, 1.807) is 55.6 Å². The van der Waals surface area contributed by atoms with Crippen molar-refractivity contribution in [3.05, 3.63) is 162 Å². The smallest absolute Gasteiger partial charge is 0.206 e. The first-order valence-corrected chi connectivity index (χ1v) is 16.0. The van der Waals surface area contributed by atoms with E-state index in [4.69, 9.17) is 14.2 Å². The van der Waals surface area contributed by atoms with Crippen molar-refractivity contribution < 1.29 is 27.4 Å². The SMILES string of the molecule is COc1ccc(-c2ccc(Oc3ccc(S(=O)(=O)c4ccc(Oc5ccc(C(=O)c6ccc(C)cc6)cc5)cc4)cc3)cc2)cc1. The van der Waals surface area contributed by atoms with Crippen LogP contribution in [0.15, 0.2) is 155 Å². The Hall–Kier alpha value is -5.66. The van der Waals surface area contributed by atoms with Gasteiger partial charge in [0.15, 0.2) is 5.78 Å². The maximum Gasteiger partial charge on any atom is 0.206 e. The van der Waals surface area contributed by atoms with Gasteiger partial charge < -0.3 is 14.2 Å². The molecule has 0 atom stereocenters. The van der Waals surface area contributed by atoms with E-state index in [9.17, 15) is 13.2 Å². The quantitative estimate of drug-likeness (QED) is 0.141. The van der Waals surface area contributed by atoms with Crippen molar-refractivity contribution in [1.29, 1.82) is 0 Å². The Morgan fingerprint density at radius 3 is 1.17 bits per heavy atom. The molecule has 0 aliphatic carbocycles. The Balaban J connectivity index is 1.07.